The Morgan fingerprint density at radius 2 is 1.47 bits per heavy atom. The maximum Gasteiger partial charge on any atom is 0.310 e. The Morgan fingerprint density at radius 3 is 2.02 bits per heavy atom. The normalized spacial score (nSPS) is 20.4. The molecule has 5 aromatic rings. The number of rotatable bonds is 6. The fourth-order valence-corrected chi connectivity index (χ4v) is 6.80. The lowest BCUT2D eigenvalue weighted by Gasteiger charge is -2.40. The average molecular weight is 647 g/mol. The maximum absolute atomic E-state index is 13.5. The van der Waals surface area contributed by atoms with Gasteiger partial charge in [0.2, 0.25) is 5.75 Å². The fourth-order valence-electron chi connectivity index (χ4n) is 6.48. The summed E-state index contributed by atoms with van der Waals surface area (Å²) in [5.74, 6) is -1.65. The van der Waals surface area contributed by atoms with E-state index in [9.17, 15) is 20.0 Å². The minimum atomic E-state index is -0.633. The number of carbonyl (C=O) groups excluding carboxylic acids is 1. The Labute approximate surface area is 265 Å². The van der Waals surface area contributed by atoms with Gasteiger partial charge in [0.15, 0.2) is 11.5 Å². The van der Waals surface area contributed by atoms with E-state index < -0.39 is 22.8 Å². The monoisotopic (exact) mass is 646 g/mol. The number of cyclic esters (lactones) is 1. The molecule has 45 heavy (non-hydrogen) atoms. The first-order valence-corrected chi connectivity index (χ1v) is 14.6. The van der Waals surface area contributed by atoms with Crippen LogP contribution in [0, 0.1) is 22.0 Å². The number of carbonyl (C=O) groups is 1. The molecular formula is C32H24Cl2N4O7. The smallest absolute Gasteiger partial charge is 0.310 e. The number of phenols is 1. The number of nitrogens with one attached hydrogen (secondary N) is 1. The number of non-ortho nitro benzene ring substituents is 1. The van der Waals surface area contributed by atoms with Crippen LogP contribution in [-0.2, 0) is 9.53 Å². The van der Waals surface area contributed by atoms with Crippen LogP contribution in [0.1, 0.15) is 28.7 Å². The van der Waals surface area contributed by atoms with Gasteiger partial charge in [-0.2, -0.15) is 0 Å². The van der Waals surface area contributed by atoms with Gasteiger partial charge in [0.1, 0.15) is 0 Å². The molecule has 0 bridgehead atoms. The van der Waals surface area contributed by atoms with E-state index in [1.807, 2.05) is 12.1 Å². The van der Waals surface area contributed by atoms with Crippen LogP contribution < -0.4 is 14.8 Å². The summed E-state index contributed by atoms with van der Waals surface area (Å²) in [6, 6.07) is 16.2. The van der Waals surface area contributed by atoms with E-state index in [1.165, 1.54) is 26.4 Å². The number of halogens is 2. The summed E-state index contributed by atoms with van der Waals surface area (Å²) in [7, 11) is 2.88. The molecule has 0 amide bonds. The number of aromatic nitrogens is 2. The molecule has 4 atom stereocenters. The third-order valence-corrected chi connectivity index (χ3v) is 9.27. The highest BCUT2D eigenvalue weighted by atomic mass is 35.5. The zero-order valence-electron chi connectivity index (χ0n) is 23.8. The number of anilines is 1. The first kappa shape index (κ1) is 28.9. The number of phenolic OH excluding ortho intramolecular Hbond substituents is 1. The molecule has 228 valence electrons. The predicted octanol–water partition coefficient (Wildman–Crippen LogP) is 6.81. The fraction of sp³-hybridized carbons (Fsp3) is 0.219. The molecule has 0 unspecified atom stereocenters. The molecule has 0 saturated carbocycles. The number of methoxy groups -OCH3 is 2. The molecule has 2 N–H and O–H groups in total. The largest absolute Gasteiger partial charge is 0.502 e. The zero-order valence-corrected chi connectivity index (χ0v) is 25.3. The van der Waals surface area contributed by atoms with Crippen molar-refractivity contribution in [3.05, 3.63) is 97.5 Å². The molecule has 11 nitrogen and oxygen atoms in total. The summed E-state index contributed by atoms with van der Waals surface area (Å²) >= 11 is 12.6. The van der Waals surface area contributed by atoms with E-state index >= 15 is 0 Å². The first-order valence-electron chi connectivity index (χ1n) is 13.9. The Balaban J connectivity index is 1.47. The Hall–Kier alpha value is -4.87. The SMILES string of the molecule is COc1cc([C@@H]2c3cc4nc5cc(Cl)c(Cl)cc5nc4cc3[C@@H](Nc3ccc([N+](=O)[O-])cc3)[C@H]3COC(=O)[C@H]23)cc(OC)c1O. The summed E-state index contributed by atoms with van der Waals surface area (Å²) < 4.78 is 16.6. The van der Waals surface area contributed by atoms with Gasteiger partial charge in [0.05, 0.1) is 69.8 Å². The van der Waals surface area contributed by atoms with Crippen LogP contribution in [0.5, 0.6) is 17.2 Å². The average Bonchev–Trinajstić information content (AvgIpc) is 3.41. The highest BCUT2D eigenvalue weighted by Crippen LogP contribution is 2.54. The van der Waals surface area contributed by atoms with Crippen molar-refractivity contribution in [2.75, 3.05) is 26.1 Å². The molecular weight excluding hydrogens is 623 g/mol. The first-order chi connectivity index (χ1) is 21.7. The Kier molecular flexibility index (Phi) is 7.02. The van der Waals surface area contributed by atoms with E-state index in [0.717, 1.165) is 11.1 Å². The molecule has 1 aromatic heterocycles. The quantitative estimate of drug-likeness (QED) is 0.0872. The number of nitro benzene ring substituents is 1. The van der Waals surface area contributed by atoms with Crippen LogP contribution in [0.15, 0.2) is 60.7 Å². The van der Waals surface area contributed by atoms with Crippen LogP contribution in [0.2, 0.25) is 10.0 Å². The van der Waals surface area contributed by atoms with E-state index in [4.69, 9.17) is 47.4 Å². The Morgan fingerprint density at radius 1 is 0.911 bits per heavy atom. The van der Waals surface area contributed by atoms with Gasteiger partial charge >= 0.3 is 5.97 Å². The molecule has 2 aliphatic rings. The summed E-state index contributed by atoms with van der Waals surface area (Å²) in [6.45, 7) is 0.145. The van der Waals surface area contributed by atoms with E-state index in [0.29, 0.717) is 43.4 Å². The van der Waals surface area contributed by atoms with Gasteiger partial charge in [-0.15, -0.1) is 0 Å². The third kappa shape index (κ3) is 4.79. The number of esters is 1. The number of ether oxygens (including phenoxy) is 3. The van der Waals surface area contributed by atoms with Crippen molar-refractivity contribution in [3.63, 3.8) is 0 Å². The number of nitrogens with zero attached hydrogens (tertiary/aromatic N) is 3. The number of hydrogen-bond donors (Lipinski definition) is 2. The summed E-state index contributed by atoms with van der Waals surface area (Å²) in [4.78, 5) is 34.0. The summed E-state index contributed by atoms with van der Waals surface area (Å²) in [5.41, 5.74) is 5.17. The van der Waals surface area contributed by atoms with Gasteiger partial charge in [0, 0.05) is 29.7 Å². The highest BCUT2D eigenvalue weighted by Gasteiger charge is 2.52. The molecule has 0 spiro atoms. The molecule has 1 saturated heterocycles. The summed E-state index contributed by atoms with van der Waals surface area (Å²) in [6.07, 6.45) is 0. The number of hydrogen-bond acceptors (Lipinski definition) is 10. The topological polar surface area (TPSA) is 146 Å². The van der Waals surface area contributed by atoms with Crippen molar-refractivity contribution in [2.45, 2.75) is 12.0 Å². The van der Waals surface area contributed by atoms with Gasteiger partial charge in [-0.25, -0.2) is 9.97 Å². The Bertz CT molecular complexity index is 2010. The molecule has 1 fully saturated rings. The van der Waals surface area contributed by atoms with Crippen molar-refractivity contribution >= 4 is 62.6 Å². The molecule has 1 aliphatic heterocycles. The van der Waals surface area contributed by atoms with Crippen LogP contribution >= 0.6 is 23.2 Å². The van der Waals surface area contributed by atoms with Crippen LogP contribution in [-0.4, -0.2) is 46.8 Å². The number of benzene rings is 4. The van der Waals surface area contributed by atoms with Gasteiger partial charge in [-0.05, 0) is 65.2 Å². The van der Waals surface area contributed by atoms with Crippen molar-refractivity contribution in [1.29, 1.82) is 0 Å². The second-order valence-corrected chi connectivity index (χ2v) is 11.8. The predicted molar refractivity (Wildman–Crippen MR) is 168 cm³/mol. The van der Waals surface area contributed by atoms with Crippen LogP contribution in [0.3, 0.4) is 0 Å². The van der Waals surface area contributed by atoms with Crippen LogP contribution in [0.4, 0.5) is 11.4 Å². The van der Waals surface area contributed by atoms with Gasteiger partial charge in [0.25, 0.3) is 5.69 Å². The van der Waals surface area contributed by atoms with Gasteiger partial charge in [-0.1, -0.05) is 23.2 Å². The number of nitro groups is 1. The molecule has 0 radical (unpaired) electrons. The lowest BCUT2D eigenvalue weighted by molar-refractivity contribution is -0.384. The third-order valence-electron chi connectivity index (χ3n) is 8.55. The minimum absolute atomic E-state index is 0.0379. The van der Waals surface area contributed by atoms with E-state index in [2.05, 4.69) is 5.32 Å². The second-order valence-electron chi connectivity index (χ2n) is 10.9. The molecule has 7 rings (SSSR count). The molecule has 4 aromatic carbocycles. The second kappa shape index (κ2) is 10.9. The minimum Gasteiger partial charge on any atom is -0.502 e. The highest BCUT2D eigenvalue weighted by molar-refractivity contribution is 6.42. The standard InChI is InChI=1S/C32H24Cl2N4O7/c1-43-26-7-14(8-27(44-2)31(26)39)28-17-9-22-23(37-25-12-21(34)20(33)11-24(25)36-22)10-18(17)30(19-13-45-32(40)29(19)28)35-15-3-5-16(6-4-15)38(41)42/h3-12,19,28-30,35,39H,13H2,1-2H3/t19-,28+,29-,30+/m0/s1. The van der Waals surface area contributed by atoms with Gasteiger partial charge in [-0.3, -0.25) is 14.9 Å². The van der Waals surface area contributed by atoms with Crippen molar-refractivity contribution in [2.24, 2.45) is 11.8 Å². The molecule has 2 heterocycles. The number of fused-ring (bicyclic) bond motifs is 4. The van der Waals surface area contributed by atoms with Crippen LogP contribution in [0.25, 0.3) is 22.1 Å². The van der Waals surface area contributed by atoms with Gasteiger partial charge < -0.3 is 24.6 Å². The van der Waals surface area contributed by atoms with Crippen molar-refractivity contribution < 1.29 is 29.0 Å². The van der Waals surface area contributed by atoms with E-state index in [-0.39, 0.29) is 41.4 Å². The lowest BCUT2D eigenvalue weighted by Crippen LogP contribution is -2.37. The van der Waals surface area contributed by atoms with Crippen molar-refractivity contribution in [3.8, 4) is 17.2 Å². The van der Waals surface area contributed by atoms with Crippen molar-refractivity contribution in [1.82, 2.24) is 9.97 Å². The molecule has 1 aliphatic carbocycles. The zero-order chi connectivity index (χ0) is 31.6. The lowest BCUT2D eigenvalue weighted by atomic mass is 9.65. The summed E-state index contributed by atoms with van der Waals surface area (Å²) in [5, 5.41) is 26.1. The molecule has 13 heteroatoms. The number of aromatic hydroxyl groups is 1. The van der Waals surface area contributed by atoms with E-state index in [1.54, 1.807) is 36.4 Å². The maximum atomic E-state index is 13.5.